The molecule has 0 saturated heterocycles. The van der Waals surface area contributed by atoms with Gasteiger partial charge in [0, 0.05) is 12.8 Å². The summed E-state index contributed by atoms with van der Waals surface area (Å²) in [6.07, 6.45) is 3.48. The maximum atomic E-state index is 11.0. The van der Waals surface area contributed by atoms with Crippen LogP contribution in [0.2, 0.25) is 0 Å². The number of sulfone groups is 1. The molecule has 0 fully saturated rings. The Labute approximate surface area is 81.9 Å². The lowest BCUT2D eigenvalue weighted by Gasteiger charge is -2.09. The quantitative estimate of drug-likeness (QED) is 0.628. The van der Waals surface area contributed by atoms with Gasteiger partial charge in [0.25, 0.3) is 0 Å². The second-order valence-electron chi connectivity index (χ2n) is 2.63. The molecular formula is C5H9NO4S3. The number of hydrogen-bond donors (Lipinski definition) is 0. The summed E-state index contributed by atoms with van der Waals surface area (Å²) in [7, 11) is -6.59. The third-order valence-electron chi connectivity index (χ3n) is 1.33. The van der Waals surface area contributed by atoms with E-state index in [2.05, 4.69) is 0 Å². The highest BCUT2D eigenvalue weighted by atomic mass is 32.3. The van der Waals surface area contributed by atoms with Crippen LogP contribution in [0.4, 0.5) is 0 Å². The molecule has 0 amide bonds. The first-order valence-electron chi connectivity index (χ1n) is 3.27. The molecule has 0 unspecified atom stereocenters. The second kappa shape index (κ2) is 3.26. The Kier molecular flexibility index (Phi) is 2.77. The molecule has 0 bridgehead atoms. The maximum Gasteiger partial charge on any atom is 0.221 e. The smallest absolute Gasteiger partial charge is 0.221 e. The fraction of sp³-hybridized carbons (Fsp3) is 0.600. The van der Waals surface area contributed by atoms with Crippen molar-refractivity contribution in [1.82, 2.24) is 3.71 Å². The van der Waals surface area contributed by atoms with Gasteiger partial charge in [0.05, 0.1) is 6.26 Å². The molecule has 0 radical (unpaired) electrons. The lowest BCUT2D eigenvalue weighted by molar-refractivity contribution is 0.564. The summed E-state index contributed by atoms with van der Waals surface area (Å²) < 4.78 is 45.1. The zero-order valence-electron chi connectivity index (χ0n) is 7.09. The first-order chi connectivity index (χ1) is 5.71. The Balaban J connectivity index is 2.86. The molecule has 13 heavy (non-hydrogen) atoms. The van der Waals surface area contributed by atoms with Crippen LogP contribution in [-0.4, -0.2) is 39.6 Å². The van der Waals surface area contributed by atoms with Crippen molar-refractivity contribution in [3.05, 3.63) is 10.3 Å². The van der Waals surface area contributed by atoms with Gasteiger partial charge in [0.2, 0.25) is 10.0 Å². The van der Waals surface area contributed by atoms with Crippen LogP contribution in [0.3, 0.4) is 0 Å². The van der Waals surface area contributed by atoms with Gasteiger partial charge in [0.1, 0.15) is 4.24 Å². The Morgan fingerprint density at radius 1 is 1.31 bits per heavy atom. The summed E-state index contributed by atoms with van der Waals surface area (Å²) in [5.74, 6) is 0. The van der Waals surface area contributed by atoms with Crippen molar-refractivity contribution in [2.45, 2.75) is 0 Å². The van der Waals surface area contributed by atoms with Gasteiger partial charge in [-0.05, 0) is 18.0 Å². The van der Waals surface area contributed by atoms with Crippen LogP contribution >= 0.6 is 11.9 Å². The van der Waals surface area contributed by atoms with E-state index in [1.165, 1.54) is 6.08 Å². The van der Waals surface area contributed by atoms with E-state index in [9.17, 15) is 16.8 Å². The van der Waals surface area contributed by atoms with Crippen molar-refractivity contribution in [3.63, 3.8) is 0 Å². The average Bonchev–Trinajstić information content (AvgIpc) is 2.28. The SMILES string of the molecule is CS(=O)(=O)C1=CCN(S(C)(=O)=O)S1. The lowest BCUT2D eigenvalue weighted by atomic mass is 10.7. The van der Waals surface area contributed by atoms with Crippen LogP contribution < -0.4 is 0 Å². The summed E-state index contributed by atoms with van der Waals surface area (Å²) in [6, 6.07) is 0. The van der Waals surface area contributed by atoms with E-state index in [1.54, 1.807) is 0 Å². The van der Waals surface area contributed by atoms with Crippen molar-refractivity contribution >= 4 is 31.8 Å². The molecule has 0 N–H and O–H groups in total. The Bertz CT molecular complexity index is 432. The summed E-state index contributed by atoms with van der Waals surface area (Å²) in [4.78, 5) is 0. The highest BCUT2D eigenvalue weighted by molar-refractivity contribution is 8.21. The van der Waals surface area contributed by atoms with Gasteiger partial charge in [0.15, 0.2) is 9.84 Å². The maximum absolute atomic E-state index is 11.0. The molecule has 76 valence electrons. The van der Waals surface area contributed by atoms with E-state index < -0.39 is 19.9 Å². The topological polar surface area (TPSA) is 71.5 Å². The third-order valence-corrected chi connectivity index (χ3v) is 5.99. The Morgan fingerprint density at radius 2 is 1.85 bits per heavy atom. The van der Waals surface area contributed by atoms with Gasteiger partial charge in [-0.15, -0.1) is 3.71 Å². The molecule has 8 heteroatoms. The minimum Gasteiger partial charge on any atom is -0.223 e. The standard InChI is InChI=1S/C5H9NO4S3/c1-12(7,8)5-3-4-6(11-5)13(2,9)10/h3H,4H2,1-2H3. The van der Waals surface area contributed by atoms with Crippen molar-refractivity contribution in [3.8, 4) is 0 Å². The molecule has 0 spiro atoms. The number of rotatable bonds is 2. The van der Waals surface area contributed by atoms with E-state index in [1.807, 2.05) is 0 Å². The molecule has 1 rings (SSSR count). The average molecular weight is 243 g/mol. The second-order valence-corrected chi connectivity index (χ2v) is 8.08. The van der Waals surface area contributed by atoms with Gasteiger partial charge in [-0.1, -0.05) is 0 Å². The van der Waals surface area contributed by atoms with Gasteiger partial charge in [-0.2, -0.15) is 0 Å². The summed E-state index contributed by atoms with van der Waals surface area (Å²) >= 11 is 0.743. The molecule has 1 aliphatic rings. The molecule has 1 aliphatic heterocycles. The van der Waals surface area contributed by atoms with Crippen LogP contribution in [0.25, 0.3) is 0 Å². The van der Waals surface area contributed by atoms with Crippen LogP contribution in [0.1, 0.15) is 0 Å². The van der Waals surface area contributed by atoms with Crippen molar-refractivity contribution < 1.29 is 16.8 Å². The first kappa shape index (κ1) is 11.0. The van der Waals surface area contributed by atoms with Crippen LogP contribution in [-0.2, 0) is 19.9 Å². The Hall–Kier alpha value is -0.0500. The van der Waals surface area contributed by atoms with Crippen LogP contribution in [0, 0.1) is 0 Å². The van der Waals surface area contributed by atoms with Crippen molar-refractivity contribution in [2.24, 2.45) is 0 Å². The van der Waals surface area contributed by atoms with Crippen molar-refractivity contribution in [2.75, 3.05) is 19.1 Å². The number of nitrogens with zero attached hydrogens (tertiary/aromatic N) is 1. The predicted octanol–water partition coefficient (Wildman–Crippen LogP) is -0.204. The van der Waals surface area contributed by atoms with E-state index >= 15 is 0 Å². The third kappa shape index (κ3) is 2.70. The lowest BCUT2D eigenvalue weighted by Crippen LogP contribution is -2.20. The monoisotopic (exact) mass is 243 g/mol. The normalized spacial score (nSPS) is 20.3. The predicted molar refractivity (Wildman–Crippen MR) is 52.1 cm³/mol. The van der Waals surface area contributed by atoms with E-state index in [-0.39, 0.29) is 10.8 Å². The van der Waals surface area contributed by atoms with Crippen molar-refractivity contribution in [1.29, 1.82) is 0 Å². The molecule has 0 atom stereocenters. The number of hydrogen-bond acceptors (Lipinski definition) is 5. The summed E-state index contributed by atoms with van der Waals surface area (Å²) in [5.41, 5.74) is 0. The minimum absolute atomic E-state index is 0.0953. The molecular weight excluding hydrogens is 234 g/mol. The molecule has 1 heterocycles. The van der Waals surface area contributed by atoms with E-state index in [4.69, 9.17) is 0 Å². The molecule has 0 saturated carbocycles. The molecule has 0 aromatic carbocycles. The molecule has 0 aromatic heterocycles. The summed E-state index contributed by atoms with van der Waals surface area (Å²) in [6.45, 7) is 0.117. The largest absolute Gasteiger partial charge is 0.223 e. The fourth-order valence-corrected chi connectivity index (χ4v) is 3.70. The van der Waals surface area contributed by atoms with E-state index in [0.717, 1.165) is 28.2 Å². The fourth-order valence-electron chi connectivity index (χ4n) is 0.746. The first-order valence-corrected chi connectivity index (χ1v) is 7.78. The van der Waals surface area contributed by atoms with Gasteiger partial charge in [-0.3, -0.25) is 0 Å². The molecule has 0 aromatic rings. The minimum atomic E-state index is -3.32. The Morgan fingerprint density at radius 3 is 2.08 bits per heavy atom. The van der Waals surface area contributed by atoms with Crippen LogP contribution in [0.15, 0.2) is 10.3 Å². The summed E-state index contributed by atoms with van der Waals surface area (Å²) in [5, 5.41) is 0. The molecule has 5 nitrogen and oxygen atoms in total. The molecule has 0 aliphatic carbocycles. The zero-order chi connectivity index (χ0) is 10.3. The highest BCUT2D eigenvalue weighted by Crippen LogP contribution is 2.32. The van der Waals surface area contributed by atoms with Gasteiger partial charge < -0.3 is 0 Å². The van der Waals surface area contributed by atoms with Crippen LogP contribution in [0.5, 0.6) is 0 Å². The van der Waals surface area contributed by atoms with E-state index in [0.29, 0.717) is 0 Å². The van der Waals surface area contributed by atoms with Gasteiger partial charge in [-0.25, -0.2) is 16.8 Å². The number of sulfonamides is 1. The highest BCUT2D eigenvalue weighted by Gasteiger charge is 2.28. The van der Waals surface area contributed by atoms with Gasteiger partial charge >= 0.3 is 0 Å². The zero-order valence-corrected chi connectivity index (χ0v) is 9.54.